The lowest BCUT2D eigenvalue weighted by Crippen LogP contribution is -2.39. The summed E-state index contributed by atoms with van der Waals surface area (Å²) in [6.45, 7) is 4.73. The van der Waals surface area contributed by atoms with Crippen molar-refractivity contribution in [1.82, 2.24) is 24.2 Å². The second-order valence-electron chi connectivity index (χ2n) is 7.94. The van der Waals surface area contributed by atoms with Crippen LogP contribution in [-0.4, -0.2) is 46.3 Å². The fourth-order valence-corrected chi connectivity index (χ4v) is 5.94. The van der Waals surface area contributed by atoms with E-state index in [9.17, 15) is 13.2 Å². The van der Waals surface area contributed by atoms with Gasteiger partial charge in [0.05, 0.1) is 11.1 Å². The maximum Gasteiger partial charge on any atom is 0.251 e. The Hall–Kier alpha value is -2.49. The summed E-state index contributed by atoms with van der Waals surface area (Å²) in [6, 6.07) is 9.41. The standard InChI is InChI=1S/C21H24ClN5O3S/c1-14-6-5-10-26(13-14)31(29,30)18-12-16(8-9-17(18)22)21(28)23-15(2)20-25-24-19-7-3-4-11-27(19)20/h3-4,7-9,11-12,14-15H,5-6,10,13H2,1-2H3,(H,23,28). The third-order valence-electron chi connectivity index (χ3n) is 5.51. The second kappa shape index (κ2) is 8.57. The number of hydrogen-bond acceptors (Lipinski definition) is 5. The molecule has 1 aliphatic heterocycles. The van der Waals surface area contributed by atoms with E-state index >= 15 is 0 Å². The van der Waals surface area contributed by atoms with Gasteiger partial charge in [0.25, 0.3) is 5.91 Å². The van der Waals surface area contributed by atoms with Crippen molar-refractivity contribution in [3.63, 3.8) is 0 Å². The number of carbonyl (C=O) groups is 1. The molecule has 31 heavy (non-hydrogen) atoms. The van der Waals surface area contributed by atoms with E-state index in [4.69, 9.17) is 11.6 Å². The van der Waals surface area contributed by atoms with Crippen LogP contribution in [0, 0.1) is 5.92 Å². The van der Waals surface area contributed by atoms with E-state index < -0.39 is 22.0 Å². The Morgan fingerprint density at radius 2 is 2.06 bits per heavy atom. The van der Waals surface area contributed by atoms with Gasteiger partial charge in [-0.1, -0.05) is 24.6 Å². The molecule has 2 atom stereocenters. The summed E-state index contributed by atoms with van der Waals surface area (Å²) in [5.74, 6) is 0.445. The quantitative estimate of drug-likeness (QED) is 0.628. The molecule has 2 aromatic heterocycles. The van der Waals surface area contributed by atoms with Crippen LogP contribution in [0.5, 0.6) is 0 Å². The number of rotatable bonds is 5. The van der Waals surface area contributed by atoms with Crippen molar-refractivity contribution in [2.75, 3.05) is 13.1 Å². The summed E-state index contributed by atoms with van der Waals surface area (Å²) in [4.78, 5) is 12.8. The molecule has 164 valence electrons. The Morgan fingerprint density at radius 3 is 2.84 bits per heavy atom. The van der Waals surface area contributed by atoms with Crippen LogP contribution in [-0.2, 0) is 10.0 Å². The van der Waals surface area contributed by atoms with E-state index in [1.54, 1.807) is 11.3 Å². The molecular formula is C21H24ClN5O3S. The summed E-state index contributed by atoms with van der Waals surface area (Å²) >= 11 is 6.23. The number of amides is 1. The number of hydrogen-bond donors (Lipinski definition) is 1. The number of aromatic nitrogens is 3. The van der Waals surface area contributed by atoms with E-state index in [1.807, 2.05) is 31.3 Å². The molecule has 0 saturated carbocycles. The lowest BCUT2D eigenvalue weighted by molar-refractivity contribution is 0.0938. The molecule has 1 N–H and O–H groups in total. The third kappa shape index (κ3) is 4.30. The smallest absolute Gasteiger partial charge is 0.251 e. The first-order valence-electron chi connectivity index (χ1n) is 10.2. The number of nitrogens with zero attached hydrogens (tertiary/aromatic N) is 4. The molecule has 10 heteroatoms. The van der Waals surface area contributed by atoms with Gasteiger partial charge in [-0.3, -0.25) is 9.20 Å². The van der Waals surface area contributed by atoms with Gasteiger partial charge in [-0.2, -0.15) is 4.31 Å². The third-order valence-corrected chi connectivity index (χ3v) is 7.85. The van der Waals surface area contributed by atoms with E-state index in [0.717, 1.165) is 12.8 Å². The van der Waals surface area contributed by atoms with Crippen molar-refractivity contribution in [3.8, 4) is 0 Å². The maximum absolute atomic E-state index is 13.2. The summed E-state index contributed by atoms with van der Waals surface area (Å²) in [6.07, 6.45) is 3.62. The summed E-state index contributed by atoms with van der Waals surface area (Å²) < 4.78 is 29.6. The van der Waals surface area contributed by atoms with Crippen LogP contribution in [0.1, 0.15) is 48.9 Å². The molecule has 1 aliphatic rings. The SMILES string of the molecule is CC1CCCN(S(=O)(=O)c2cc(C(=O)NC(C)c3nnc4ccccn34)ccc2Cl)C1. The maximum atomic E-state index is 13.2. The van der Waals surface area contributed by atoms with Gasteiger partial charge < -0.3 is 5.32 Å². The Kier molecular flexibility index (Phi) is 6.00. The number of nitrogens with one attached hydrogen (secondary N) is 1. The van der Waals surface area contributed by atoms with Gasteiger partial charge in [-0.15, -0.1) is 10.2 Å². The van der Waals surface area contributed by atoms with Gasteiger partial charge in [0.15, 0.2) is 11.5 Å². The topological polar surface area (TPSA) is 96.7 Å². The van der Waals surface area contributed by atoms with E-state index in [2.05, 4.69) is 15.5 Å². The van der Waals surface area contributed by atoms with Crippen LogP contribution in [0.25, 0.3) is 5.65 Å². The number of sulfonamides is 1. The highest BCUT2D eigenvalue weighted by molar-refractivity contribution is 7.89. The predicted octanol–water partition coefficient (Wildman–Crippen LogP) is 3.29. The molecule has 0 radical (unpaired) electrons. The molecule has 0 aliphatic carbocycles. The molecule has 1 aromatic carbocycles. The summed E-state index contributed by atoms with van der Waals surface area (Å²) in [5, 5.41) is 11.2. The normalized spacial score (nSPS) is 18.7. The molecule has 2 unspecified atom stereocenters. The van der Waals surface area contributed by atoms with Crippen molar-refractivity contribution < 1.29 is 13.2 Å². The van der Waals surface area contributed by atoms with Crippen molar-refractivity contribution in [2.45, 2.75) is 37.6 Å². The van der Waals surface area contributed by atoms with Crippen LogP contribution in [0.4, 0.5) is 0 Å². The summed E-state index contributed by atoms with van der Waals surface area (Å²) in [5.41, 5.74) is 0.892. The van der Waals surface area contributed by atoms with Gasteiger partial charge in [-0.25, -0.2) is 8.42 Å². The first-order chi connectivity index (χ1) is 14.8. The van der Waals surface area contributed by atoms with Crippen molar-refractivity contribution in [3.05, 3.63) is 59.0 Å². The zero-order valence-corrected chi connectivity index (χ0v) is 18.9. The van der Waals surface area contributed by atoms with E-state index in [-0.39, 0.29) is 21.4 Å². The van der Waals surface area contributed by atoms with E-state index in [1.165, 1.54) is 22.5 Å². The molecule has 1 amide bonds. The molecule has 8 nitrogen and oxygen atoms in total. The molecular weight excluding hydrogens is 438 g/mol. The average Bonchev–Trinajstić information content (AvgIpc) is 3.18. The minimum Gasteiger partial charge on any atom is -0.342 e. The predicted molar refractivity (Wildman–Crippen MR) is 117 cm³/mol. The van der Waals surface area contributed by atoms with Gasteiger partial charge in [-0.05, 0) is 56.0 Å². The number of pyridine rings is 1. The number of benzene rings is 1. The van der Waals surface area contributed by atoms with Gasteiger partial charge in [0.2, 0.25) is 10.0 Å². The highest BCUT2D eigenvalue weighted by atomic mass is 35.5. The number of halogens is 1. The minimum absolute atomic E-state index is 0.0449. The first kappa shape index (κ1) is 21.7. The molecule has 3 aromatic rings. The average molecular weight is 462 g/mol. The Labute approximate surface area is 186 Å². The Bertz CT molecular complexity index is 1230. The van der Waals surface area contributed by atoms with Crippen LogP contribution < -0.4 is 5.32 Å². The van der Waals surface area contributed by atoms with Crippen molar-refractivity contribution >= 4 is 33.2 Å². The largest absolute Gasteiger partial charge is 0.342 e. The van der Waals surface area contributed by atoms with Crippen molar-refractivity contribution in [2.24, 2.45) is 5.92 Å². The molecule has 0 spiro atoms. The fourth-order valence-electron chi connectivity index (χ4n) is 3.85. The first-order valence-corrected chi connectivity index (χ1v) is 12.0. The molecule has 3 heterocycles. The lowest BCUT2D eigenvalue weighted by atomic mass is 10.0. The highest BCUT2D eigenvalue weighted by Gasteiger charge is 2.31. The number of carbonyl (C=O) groups excluding carboxylic acids is 1. The molecule has 1 fully saturated rings. The lowest BCUT2D eigenvalue weighted by Gasteiger charge is -2.30. The molecule has 1 saturated heterocycles. The van der Waals surface area contributed by atoms with Crippen LogP contribution >= 0.6 is 11.6 Å². The van der Waals surface area contributed by atoms with Gasteiger partial charge in [0, 0.05) is 24.8 Å². The Morgan fingerprint density at radius 1 is 1.26 bits per heavy atom. The van der Waals surface area contributed by atoms with Gasteiger partial charge in [0.1, 0.15) is 4.90 Å². The van der Waals surface area contributed by atoms with E-state index in [0.29, 0.717) is 24.6 Å². The number of piperidine rings is 1. The monoisotopic (exact) mass is 461 g/mol. The van der Waals surface area contributed by atoms with Crippen molar-refractivity contribution in [1.29, 1.82) is 0 Å². The summed E-state index contributed by atoms with van der Waals surface area (Å²) in [7, 11) is -3.79. The van der Waals surface area contributed by atoms with Crippen LogP contribution in [0.15, 0.2) is 47.5 Å². The zero-order chi connectivity index (χ0) is 22.2. The van der Waals surface area contributed by atoms with Crippen LogP contribution in [0.3, 0.4) is 0 Å². The zero-order valence-electron chi connectivity index (χ0n) is 17.3. The molecule has 0 bridgehead atoms. The minimum atomic E-state index is -3.79. The molecule has 4 rings (SSSR count). The van der Waals surface area contributed by atoms with Crippen LogP contribution in [0.2, 0.25) is 5.02 Å². The highest BCUT2D eigenvalue weighted by Crippen LogP contribution is 2.29. The van der Waals surface area contributed by atoms with Gasteiger partial charge >= 0.3 is 0 Å². The Balaban J connectivity index is 1.58. The second-order valence-corrected chi connectivity index (χ2v) is 10.3. The fraction of sp³-hybridized carbons (Fsp3) is 0.381. The number of fused-ring (bicyclic) bond motifs is 1.